The van der Waals surface area contributed by atoms with Gasteiger partial charge in [0.25, 0.3) is 0 Å². The van der Waals surface area contributed by atoms with Crippen LogP contribution in [-0.4, -0.2) is 19.0 Å². The van der Waals surface area contributed by atoms with Crippen LogP contribution in [0.3, 0.4) is 0 Å². The van der Waals surface area contributed by atoms with E-state index in [9.17, 15) is 0 Å². The van der Waals surface area contributed by atoms with Crippen LogP contribution in [-0.2, 0) is 9.47 Å². The molecule has 0 aromatic heterocycles. The molecule has 0 aromatic rings. The van der Waals surface area contributed by atoms with E-state index in [4.69, 9.17) is 9.47 Å². The van der Waals surface area contributed by atoms with E-state index in [-0.39, 0.29) is 5.60 Å². The molecule has 0 aromatic carbocycles. The van der Waals surface area contributed by atoms with Crippen LogP contribution in [0.25, 0.3) is 0 Å². The van der Waals surface area contributed by atoms with Gasteiger partial charge in [-0.3, -0.25) is 0 Å². The molecule has 1 heterocycles. The van der Waals surface area contributed by atoms with Gasteiger partial charge in [0.05, 0.1) is 6.61 Å². The van der Waals surface area contributed by atoms with E-state index in [2.05, 4.69) is 25.7 Å². The molecule has 2 heteroatoms. The van der Waals surface area contributed by atoms with Gasteiger partial charge in [-0.1, -0.05) is 25.2 Å². The van der Waals surface area contributed by atoms with Crippen LogP contribution in [0.15, 0.2) is 24.8 Å². The lowest BCUT2D eigenvalue weighted by molar-refractivity contribution is -0.00503. The van der Waals surface area contributed by atoms with E-state index in [0.29, 0.717) is 13.4 Å². The topological polar surface area (TPSA) is 18.5 Å². The highest BCUT2D eigenvalue weighted by molar-refractivity contribution is 4.97. The van der Waals surface area contributed by atoms with E-state index in [0.717, 1.165) is 19.3 Å². The summed E-state index contributed by atoms with van der Waals surface area (Å²) < 4.78 is 10.8. The summed E-state index contributed by atoms with van der Waals surface area (Å²) >= 11 is 0. The van der Waals surface area contributed by atoms with Crippen LogP contribution in [0.5, 0.6) is 0 Å². The lowest BCUT2D eigenvalue weighted by Crippen LogP contribution is -2.29. The van der Waals surface area contributed by atoms with Crippen molar-refractivity contribution in [3.05, 3.63) is 24.8 Å². The second-order valence-corrected chi connectivity index (χ2v) is 3.37. The van der Waals surface area contributed by atoms with E-state index >= 15 is 0 Å². The zero-order valence-corrected chi connectivity index (χ0v) is 8.29. The highest BCUT2D eigenvalue weighted by Gasteiger charge is 2.33. The van der Waals surface area contributed by atoms with Gasteiger partial charge in [0.2, 0.25) is 0 Å². The van der Waals surface area contributed by atoms with Crippen molar-refractivity contribution in [2.75, 3.05) is 13.4 Å². The van der Waals surface area contributed by atoms with Crippen LogP contribution in [0.4, 0.5) is 0 Å². The molecule has 2 nitrogen and oxygen atoms in total. The van der Waals surface area contributed by atoms with Crippen molar-refractivity contribution < 1.29 is 9.47 Å². The minimum absolute atomic E-state index is 0.132. The fourth-order valence-corrected chi connectivity index (χ4v) is 1.48. The molecule has 13 heavy (non-hydrogen) atoms. The van der Waals surface area contributed by atoms with Gasteiger partial charge < -0.3 is 9.47 Å². The number of ether oxygens (including phenoxy) is 2. The van der Waals surface area contributed by atoms with Gasteiger partial charge in [0.15, 0.2) is 0 Å². The minimum atomic E-state index is -0.132. The highest BCUT2D eigenvalue weighted by Crippen LogP contribution is 2.27. The summed E-state index contributed by atoms with van der Waals surface area (Å²) in [5.41, 5.74) is -0.132. The summed E-state index contributed by atoms with van der Waals surface area (Å²) in [6, 6.07) is 0. The standard InChI is InChI=1S/C11H18O2/c1-3-5-6-8-11(7-4-2)9-12-10-13-11/h4-6H,2-3,7-10H2,1H3. The molecule has 1 unspecified atom stereocenters. The molecular formula is C11H18O2. The highest BCUT2D eigenvalue weighted by atomic mass is 16.7. The van der Waals surface area contributed by atoms with Gasteiger partial charge in [-0.15, -0.1) is 6.58 Å². The lowest BCUT2D eigenvalue weighted by Gasteiger charge is -2.23. The average molecular weight is 182 g/mol. The van der Waals surface area contributed by atoms with Crippen LogP contribution in [0.2, 0.25) is 0 Å². The maximum Gasteiger partial charge on any atom is 0.147 e. The fraction of sp³-hybridized carbons (Fsp3) is 0.636. The van der Waals surface area contributed by atoms with Gasteiger partial charge in [-0.2, -0.15) is 0 Å². The minimum Gasteiger partial charge on any atom is -0.352 e. The number of allylic oxidation sites excluding steroid dienone is 1. The first-order valence-corrected chi connectivity index (χ1v) is 4.80. The Labute approximate surface area is 80.2 Å². The van der Waals surface area contributed by atoms with Gasteiger partial charge in [-0.25, -0.2) is 0 Å². The third kappa shape index (κ3) is 2.98. The first kappa shape index (κ1) is 10.5. The molecule has 0 N–H and O–H groups in total. The second kappa shape index (κ2) is 5.20. The van der Waals surface area contributed by atoms with Crippen LogP contribution >= 0.6 is 0 Å². The molecule has 1 aliphatic heterocycles. The first-order chi connectivity index (χ1) is 6.33. The Bertz CT molecular complexity index is 179. The Morgan fingerprint density at radius 2 is 2.23 bits per heavy atom. The van der Waals surface area contributed by atoms with E-state index in [1.54, 1.807) is 0 Å². The van der Waals surface area contributed by atoms with E-state index in [1.807, 2.05) is 6.08 Å². The Kier molecular flexibility index (Phi) is 4.19. The molecule has 0 saturated carbocycles. The molecule has 0 aliphatic carbocycles. The molecule has 0 amide bonds. The lowest BCUT2D eigenvalue weighted by atomic mass is 9.96. The van der Waals surface area contributed by atoms with Crippen molar-refractivity contribution in [2.45, 2.75) is 31.8 Å². The van der Waals surface area contributed by atoms with Crippen LogP contribution in [0.1, 0.15) is 26.2 Å². The second-order valence-electron chi connectivity index (χ2n) is 3.37. The van der Waals surface area contributed by atoms with Gasteiger partial charge in [-0.05, 0) is 19.3 Å². The summed E-state index contributed by atoms with van der Waals surface area (Å²) in [7, 11) is 0. The summed E-state index contributed by atoms with van der Waals surface area (Å²) in [5, 5.41) is 0. The van der Waals surface area contributed by atoms with Crippen molar-refractivity contribution in [1.82, 2.24) is 0 Å². The van der Waals surface area contributed by atoms with Crippen molar-refractivity contribution >= 4 is 0 Å². The largest absolute Gasteiger partial charge is 0.352 e. The van der Waals surface area contributed by atoms with Crippen molar-refractivity contribution in [1.29, 1.82) is 0 Å². The number of hydrogen-bond donors (Lipinski definition) is 0. The van der Waals surface area contributed by atoms with E-state index < -0.39 is 0 Å². The molecule has 0 bridgehead atoms. The smallest absolute Gasteiger partial charge is 0.147 e. The average Bonchev–Trinajstić information content (AvgIpc) is 2.55. The molecule has 1 atom stereocenters. The number of hydrogen-bond acceptors (Lipinski definition) is 2. The van der Waals surface area contributed by atoms with Gasteiger partial charge in [0, 0.05) is 0 Å². The third-order valence-electron chi connectivity index (χ3n) is 2.22. The third-order valence-corrected chi connectivity index (χ3v) is 2.22. The normalized spacial score (nSPS) is 28.4. The predicted octanol–water partition coefficient (Wildman–Crippen LogP) is 2.66. The monoisotopic (exact) mass is 182 g/mol. The SMILES string of the molecule is C=CCC1(CC=CCC)COCO1. The molecule has 1 fully saturated rings. The Morgan fingerprint density at radius 3 is 2.77 bits per heavy atom. The van der Waals surface area contributed by atoms with E-state index in [1.165, 1.54) is 0 Å². The quantitative estimate of drug-likeness (QED) is 0.608. The molecule has 74 valence electrons. The van der Waals surface area contributed by atoms with Gasteiger partial charge in [0.1, 0.15) is 12.4 Å². The summed E-state index contributed by atoms with van der Waals surface area (Å²) in [5.74, 6) is 0. The fourth-order valence-electron chi connectivity index (χ4n) is 1.48. The van der Waals surface area contributed by atoms with Crippen molar-refractivity contribution in [3.8, 4) is 0 Å². The van der Waals surface area contributed by atoms with Gasteiger partial charge >= 0.3 is 0 Å². The Hall–Kier alpha value is -0.600. The molecule has 1 saturated heterocycles. The summed E-state index contributed by atoms with van der Waals surface area (Å²) in [4.78, 5) is 0. The van der Waals surface area contributed by atoms with Crippen molar-refractivity contribution in [3.63, 3.8) is 0 Å². The van der Waals surface area contributed by atoms with Crippen LogP contribution in [0, 0.1) is 0 Å². The Balaban J connectivity index is 2.46. The Morgan fingerprint density at radius 1 is 1.38 bits per heavy atom. The summed E-state index contributed by atoms with van der Waals surface area (Å²) in [6.45, 7) is 6.98. The summed E-state index contributed by atoms with van der Waals surface area (Å²) in [6.07, 6.45) is 9.08. The maximum atomic E-state index is 5.58. The number of rotatable bonds is 5. The zero-order valence-electron chi connectivity index (χ0n) is 8.29. The molecule has 1 rings (SSSR count). The van der Waals surface area contributed by atoms with Crippen LogP contribution < -0.4 is 0 Å². The molecule has 0 spiro atoms. The predicted molar refractivity (Wildman–Crippen MR) is 53.5 cm³/mol. The first-order valence-electron chi connectivity index (χ1n) is 4.80. The maximum absolute atomic E-state index is 5.58. The van der Waals surface area contributed by atoms with Crippen molar-refractivity contribution in [2.24, 2.45) is 0 Å². The zero-order chi connectivity index (χ0) is 9.57. The molecule has 1 aliphatic rings. The molecular weight excluding hydrogens is 164 g/mol. The molecule has 0 radical (unpaired) electrons.